The van der Waals surface area contributed by atoms with Crippen LogP contribution in [0.4, 0.5) is 0 Å². The minimum absolute atomic E-state index is 0.000440. The van der Waals surface area contributed by atoms with Crippen LogP contribution in [0.1, 0.15) is 28.3 Å². The van der Waals surface area contributed by atoms with Gasteiger partial charge in [-0.25, -0.2) is 5.43 Å². The van der Waals surface area contributed by atoms with Crippen LogP contribution in [0, 0.1) is 13.8 Å². The highest BCUT2D eigenvalue weighted by atomic mass is 79.9. The Labute approximate surface area is 116 Å². The summed E-state index contributed by atoms with van der Waals surface area (Å²) in [5.41, 5.74) is 7.71. The predicted octanol–water partition coefficient (Wildman–Crippen LogP) is 3.62. The van der Waals surface area contributed by atoms with Crippen LogP contribution in [0.25, 0.3) is 0 Å². The van der Waals surface area contributed by atoms with Crippen LogP contribution in [0.2, 0.25) is 0 Å². The van der Waals surface area contributed by atoms with Gasteiger partial charge in [0, 0.05) is 4.47 Å². The summed E-state index contributed by atoms with van der Waals surface area (Å²) in [6, 6.07) is 14.5. The second-order valence-corrected chi connectivity index (χ2v) is 5.23. The Balaban J connectivity index is 2.53. The highest BCUT2D eigenvalue weighted by Crippen LogP contribution is 2.31. The Hall–Kier alpha value is -1.16. The van der Waals surface area contributed by atoms with E-state index in [1.54, 1.807) is 0 Å². The summed E-state index contributed by atoms with van der Waals surface area (Å²) in [4.78, 5) is 0. The van der Waals surface area contributed by atoms with E-state index in [9.17, 15) is 0 Å². The van der Waals surface area contributed by atoms with Gasteiger partial charge in [0.1, 0.15) is 0 Å². The fourth-order valence-electron chi connectivity index (χ4n) is 2.15. The van der Waals surface area contributed by atoms with E-state index >= 15 is 0 Å². The van der Waals surface area contributed by atoms with Gasteiger partial charge in [-0.3, -0.25) is 5.84 Å². The Bertz CT molecular complexity index is 552. The molecule has 0 aliphatic rings. The lowest BCUT2D eigenvalue weighted by molar-refractivity contribution is 0.631. The van der Waals surface area contributed by atoms with Crippen LogP contribution in [-0.4, -0.2) is 0 Å². The molecule has 0 radical (unpaired) electrons. The van der Waals surface area contributed by atoms with Crippen molar-refractivity contribution in [2.24, 2.45) is 5.84 Å². The highest BCUT2D eigenvalue weighted by molar-refractivity contribution is 9.10. The molecular weight excluding hydrogens is 288 g/mol. The lowest BCUT2D eigenvalue weighted by Gasteiger charge is -2.21. The second kappa shape index (κ2) is 5.65. The lowest BCUT2D eigenvalue weighted by Crippen LogP contribution is -2.29. The maximum absolute atomic E-state index is 5.75. The Morgan fingerprint density at radius 2 is 1.56 bits per heavy atom. The third-order valence-electron chi connectivity index (χ3n) is 3.20. The van der Waals surface area contributed by atoms with Gasteiger partial charge in [-0.1, -0.05) is 58.4 Å². The van der Waals surface area contributed by atoms with Crippen molar-refractivity contribution in [3.8, 4) is 0 Å². The van der Waals surface area contributed by atoms with Gasteiger partial charge in [0.05, 0.1) is 6.04 Å². The van der Waals surface area contributed by atoms with Gasteiger partial charge in [0.25, 0.3) is 0 Å². The first-order valence-electron chi connectivity index (χ1n) is 5.92. The third-order valence-corrected chi connectivity index (χ3v) is 4.28. The zero-order valence-electron chi connectivity index (χ0n) is 10.6. The molecule has 2 aromatic carbocycles. The summed E-state index contributed by atoms with van der Waals surface area (Å²) in [5, 5.41) is 0. The van der Waals surface area contributed by atoms with Crippen LogP contribution < -0.4 is 11.3 Å². The molecule has 0 aliphatic carbocycles. The molecule has 0 bridgehead atoms. The first kappa shape index (κ1) is 13.3. The normalized spacial score (nSPS) is 12.4. The maximum atomic E-state index is 5.75. The molecular formula is C15H17BrN2. The van der Waals surface area contributed by atoms with Crippen molar-refractivity contribution in [2.75, 3.05) is 0 Å². The van der Waals surface area contributed by atoms with Crippen molar-refractivity contribution >= 4 is 15.9 Å². The van der Waals surface area contributed by atoms with E-state index in [0.29, 0.717) is 0 Å². The number of rotatable bonds is 3. The van der Waals surface area contributed by atoms with Crippen LogP contribution in [-0.2, 0) is 0 Å². The smallest absolute Gasteiger partial charge is 0.0723 e. The number of nitrogens with two attached hydrogens (primary N) is 1. The minimum atomic E-state index is 0.000440. The Morgan fingerprint density at radius 3 is 2.22 bits per heavy atom. The second-order valence-electron chi connectivity index (χ2n) is 4.43. The summed E-state index contributed by atoms with van der Waals surface area (Å²) >= 11 is 3.65. The number of hydrazine groups is 1. The summed E-state index contributed by atoms with van der Waals surface area (Å²) in [5.74, 6) is 5.75. The summed E-state index contributed by atoms with van der Waals surface area (Å²) < 4.78 is 1.11. The van der Waals surface area contributed by atoms with Gasteiger partial charge >= 0.3 is 0 Å². The molecule has 0 aliphatic heterocycles. The molecule has 0 saturated carbocycles. The molecule has 3 N–H and O–H groups in total. The van der Waals surface area contributed by atoms with Gasteiger partial charge in [0.15, 0.2) is 0 Å². The first-order valence-corrected chi connectivity index (χ1v) is 6.71. The van der Waals surface area contributed by atoms with E-state index in [2.05, 4.69) is 65.5 Å². The molecule has 2 nitrogen and oxygen atoms in total. The number of hydrogen-bond donors (Lipinski definition) is 2. The molecule has 0 fully saturated rings. The first-order chi connectivity index (χ1) is 8.65. The van der Waals surface area contributed by atoms with E-state index in [4.69, 9.17) is 5.84 Å². The van der Waals surface area contributed by atoms with Crippen molar-refractivity contribution < 1.29 is 0 Å². The third kappa shape index (κ3) is 2.48. The van der Waals surface area contributed by atoms with E-state index < -0.39 is 0 Å². The monoisotopic (exact) mass is 304 g/mol. The SMILES string of the molecule is Cc1ccccc1C(NN)c1cccc(C)c1Br. The molecule has 0 spiro atoms. The number of benzene rings is 2. The van der Waals surface area contributed by atoms with Crippen LogP contribution >= 0.6 is 15.9 Å². The van der Waals surface area contributed by atoms with Crippen molar-refractivity contribution in [3.05, 3.63) is 69.2 Å². The molecule has 94 valence electrons. The molecule has 0 saturated heterocycles. The molecule has 2 rings (SSSR count). The van der Waals surface area contributed by atoms with E-state index in [0.717, 1.165) is 10.0 Å². The average molecular weight is 305 g/mol. The topological polar surface area (TPSA) is 38.0 Å². The van der Waals surface area contributed by atoms with Gasteiger partial charge in [-0.15, -0.1) is 0 Å². The summed E-state index contributed by atoms with van der Waals surface area (Å²) in [6.07, 6.45) is 0. The van der Waals surface area contributed by atoms with Crippen molar-refractivity contribution in [1.29, 1.82) is 0 Å². The van der Waals surface area contributed by atoms with E-state index in [1.807, 2.05) is 12.1 Å². The van der Waals surface area contributed by atoms with Crippen molar-refractivity contribution in [3.63, 3.8) is 0 Å². The number of nitrogens with one attached hydrogen (secondary N) is 1. The largest absolute Gasteiger partial charge is 0.271 e. The summed E-state index contributed by atoms with van der Waals surface area (Å²) in [7, 11) is 0. The van der Waals surface area contributed by atoms with Crippen LogP contribution in [0.3, 0.4) is 0 Å². The van der Waals surface area contributed by atoms with Gasteiger partial charge in [0.2, 0.25) is 0 Å². The molecule has 1 unspecified atom stereocenters. The van der Waals surface area contributed by atoms with Crippen molar-refractivity contribution in [1.82, 2.24) is 5.43 Å². The van der Waals surface area contributed by atoms with E-state index in [1.165, 1.54) is 16.7 Å². The van der Waals surface area contributed by atoms with Crippen LogP contribution in [0.5, 0.6) is 0 Å². The van der Waals surface area contributed by atoms with Gasteiger partial charge in [-0.05, 0) is 36.1 Å². The number of aryl methyl sites for hydroxylation is 2. The van der Waals surface area contributed by atoms with Crippen molar-refractivity contribution in [2.45, 2.75) is 19.9 Å². The molecule has 18 heavy (non-hydrogen) atoms. The average Bonchev–Trinajstić information content (AvgIpc) is 2.37. The zero-order valence-corrected chi connectivity index (χ0v) is 12.2. The lowest BCUT2D eigenvalue weighted by atomic mass is 9.94. The van der Waals surface area contributed by atoms with Gasteiger partial charge < -0.3 is 0 Å². The fourth-order valence-corrected chi connectivity index (χ4v) is 2.64. The molecule has 0 amide bonds. The van der Waals surface area contributed by atoms with E-state index in [-0.39, 0.29) is 6.04 Å². The molecule has 0 heterocycles. The number of hydrogen-bond acceptors (Lipinski definition) is 2. The minimum Gasteiger partial charge on any atom is -0.271 e. The molecule has 3 heteroatoms. The molecule has 1 atom stereocenters. The molecule has 2 aromatic rings. The number of halogens is 1. The van der Waals surface area contributed by atoms with Gasteiger partial charge in [-0.2, -0.15) is 0 Å². The maximum Gasteiger partial charge on any atom is 0.0723 e. The quantitative estimate of drug-likeness (QED) is 0.671. The standard InChI is InChI=1S/C15H17BrN2/c1-10-6-3-4-8-12(10)15(18-17)13-9-5-7-11(2)14(13)16/h3-9,15,18H,17H2,1-2H3. The highest BCUT2D eigenvalue weighted by Gasteiger charge is 2.17. The Kier molecular flexibility index (Phi) is 4.17. The summed E-state index contributed by atoms with van der Waals surface area (Å²) in [6.45, 7) is 4.18. The molecule has 0 aromatic heterocycles. The Morgan fingerprint density at radius 1 is 0.944 bits per heavy atom. The predicted molar refractivity (Wildman–Crippen MR) is 79.2 cm³/mol. The zero-order chi connectivity index (χ0) is 13.1. The fraction of sp³-hybridized carbons (Fsp3) is 0.200. The van der Waals surface area contributed by atoms with Crippen LogP contribution in [0.15, 0.2) is 46.9 Å².